The highest BCUT2D eigenvalue weighted by molar-refractivity contribution is 5.01. The largest absolute Gasteiger partial charge is 0.385 e. The van der Waals surface area contributed by atoms with Crippen LogP contribution < -0.4 is 10.6 Å². The minimum absolute atomic E-state index is 0.622. The standard InChI is InChI=1S/C10H20N2/c1-8(2)6-11-7-10-5-4-9(3)12-10/h8,10-12H,3-7H2,1-2H3. The van der Waals surface area contributed by atoms with Crippen LogP contribution in [0.25, 0.3) is 0 Å². The van der Waals surface area contributed by atoms with Crippen molar-refractivity contribution < 1.29 is 0 Å². The molecule has 2 N–H and O–H groups in total. The highest BCUT2D eigenvalue weighted by Crippen LogP contribution is 2.12. The normalized spacial score (nSPS) is 23.2. The summed E-state index contributed by atoms with van der Waals surface area (Å²) < 4.78 is 0. The molecule has 1 saturated heterocycles. The van der Waals surface area contributed by atoms with Crippen LogP contribution >= 0.6 is 0 Å². The van der Waals surface area contributed by atoms with E-state index >= 15 is 0 Å². The van der Waals surface area contributed by atoms with Gasteiger partial charge in [0.05, 0.1) is 0 Å². The maximum absolute atomic E-state index is 3.91. The molecule has 2 heteroatoms. The van der Waals surface area contributed by atoms with Gasteiger partial charge in [0.1, 0.15) is 0 Å². The minimum atomic E-state index is 0.622. The Morgan fingerprint density at radius 2 is 2.42 bits per heavy atom. The van der Waals surface area contributed by atoms with Gasteiger partial charge in [0.2, 0.25) is 0 Å². The number of nitrogens with one attached hydrogen (secondary N) is 2. The quantitative estimate of drug-likeness (QED) is 0.664. The Hall–Kier alpha value is -0.500. The molecule has 1 atom stereocenters. The number of rotatable bonds is 4. The van der Waals surface area contributed by atoms with Crippen molar-refractivity contribution in [3.63, 3.8) is 0 Å². The molecule has 0 saturated carbocycles. The van der Waals surface area contributed by atoms with Gasteiger partial charge in [-0.2, -0.15) is 0 Å². The average Bonchev–Trinajstić information content (AvgIpc) is 2.35. The van der Waals surface area contributed by atoms with Gasteiger partial charge in [-0.25, -0.2) is 0 Å². The molecule has 1 heterocycles. The molecule has 0 radical (unpaired) electrons. The summed E-state index contributed by atoms with van der Waals surface area (Å²) >= 11 is 0. The molecule has 1 rings (SSSR count). The summed E-state index contributed by atoms with van der Waals surface area (Å²) in [5.74, 6) is 0.745. The summed E-state index contributed by atoms with van der Waals surface area (Å²) in [6.45, 7) is 10.6. The van der Waals surface area contributed by atoms with Crippen LogP contribution in [0.3, 0.4) is 0 Å². The second-order valence-corrected chi connectivity index (χ2v) is 4.04. The molecule has 1 aliphatic rings. The third-order valence-electron chi connectivity index (χ3n) is 2.15. The lowest BCUT2D eigenvalue weighted by atomic mass is 10.2. The Morgan fingerprint density at radius 3 is 2.92 bits per heavy atom. The van der Waals surface area contributed by atoms with Crippen molar-refractivity contribution in [1.82, 2.24) is 10.6 Å². The molecule has 70 valence electrons. The lowest BCUT2D eigenvalue weighted by Gasteiger charge is -2.13. The van der Waals surface area contributed by atoms with Gasteiger partial charge in [0, 0.05) is 18.3 Å². The van der Waals surface area contributed by atoms with Crippen LogP contribution in [0.2, 0.25) is 0 Å². The zero-order valence-corrected chi connectivity index (χ0v) is 8.19. The van der Waals surface area contributed by atoms with E-state index in [2.05, 4.69) is 31.1 Å². The van der Waals surface area contributed by atoms with Crippen molar-refractivity contribution in [3.05, 3.63) is 12.3 Å². The van der Waals surface area contributed by atoms with E-state index in [9.17, 15) is 0 Å². The van der Waals surface area contributed by atoms with Gasteiger partial charge < -0.3 is 10.6 Å². The van der Waals surface area contributed by atoms with Crippen LogP contribution in [0.5, 0.6) is 0 Å². The van der Waals surface area contributed by atoms with Crippen molar-refractivity contribution in [2.75, 3.05) is 13.1 Å². The molecule has 1 unspecified atom stereocenters. The fourth-order valence-electron chi connectivity index (χ4n) is 1.48. The van der Waals surface area contributed by atoms with E-state index in [1.54, 1.807) is 0 Å². The van der Waals surface area contributed by atoms with E-state index in [0.29, 0.717) is 6.04 Å². The van der Waals surface area contributed by atoms with Crippen LogP contribution in [0.4, 0.5) is 0 Å². The minimum Gasteiger partial charge on any atom is -0.385 e. The van der Waals surface area contributed by atoms with Crippen molar-refractivity contribution in [2.24, 2.45) is 5.92 Å². The summed E-state index contributed by atoms with van der Waals surface area (Å²) in [6, 6.07) is 0.622. The van der Waals surface area contributed by atoms with Crippen molar-refractivity contribution >= 4 is 0 Å². The molecule has 2 nitrogen and oxygen atoms in total. The first-order chi connectivity index (χ1) is 5.68. The second kappa shape index (κ2) is 4.51. The molecule has 0 bridgehead atoms. The Labute approximate surface area is 75.4 Å². The van der Waals surface area contributed by atoms with Gasteiger partial charge in [-0.3, -0.25) is 0 Å². The SMILES string of the molecule is C=C1CCC(CNCC(C)C)N1. The number of allylic oxidation sites excluding steroid dienone is 1. The first kappa shape index (κ1) is 9.59. The zero-order valence-electron chi connectivity index (χ0n) is 8.19. The van der Waals surface area contributed by atoms with E-state index in [1.807, 2.05) is 0 Å². The molecule has 0 aromatic carbocycles. The van der Waals surface area contributed by atoms with Gasteiger partial charge >= 0.3 is 0 Å². The predicted molar refractivity (Wildman–Crippen MR) is 53.0 cm³/mol. The first-order valence-electron chi connectivity index (χ1n) is 4.83. The molecular formula is C10H20N2. The van der Waals surface area contributed by atoms with Crippen LogP contribution in [0.1, 0.15) is 26.7 Å². The molecule has 0 amide bonds. The van der Waals surface area contributed by atoms with Crippen LogP contribution in [-0.2, 0) is 0 Å². The topological polar surface area (TPSA) is 24.1 Å². The highest BCUT2D eigenvalue weighted by Gasteiger charge is 2.15. The highest BCUT2D eigenvalue weighted by atomic mass is 15.0. The van der Waals surface area contributed by atoms with Gasteiger partial charge in [-0.1, -0.05) is 20.4 Å². The van der Waals surface area contributed by atoms with Gasteiger partial charge in [-0.05, 0) is 25.3 Å². The Bertz CT molecular complexity index is 152. The summed E-state index contributed by atoms with van der Waals surface area (Å²) in [5, 5.41) is 6.81. The fraction of sp³-hybridized carbons (Fsp3) is 0.800. The van der Waals surface area contributed by atoms with E-state index in [-0.39, 0.29) is 0 Å². The van der Waals surface area contributed by atoms with Crippen molar-refractivity contribution in [1.29, 1.82) is 0 Å². The van der Waals surface area contributed by atoms with Crippen molar-refractivity contribution in [3.8, 4) is 0 Å². The molecule has 0 spiro atoms. The lowest BCUT2D eigenvalue weighted by molar-refractivity contribution is 0.496. The summed E-state index contributed by atoms with van der Waals surface area (Å²) in [7, 11) is 0. The smallest absolute Gasteiger partial charge is 0.0386 e. The molecule has 0 aromatic heterocycles. The first-order valence-corrected chi connectivity index (χ1v) is 4.83. The summed E-state index contributed by atoms with van der Waals surface area (Å²) in [5.41, 5.74) is 1.20. The third-order valence-corrected chi connectivity index (χ3v) is 2.15. The second-order valence-electron chi connectivity index (χ2n) is 4.04. The van der Waals surface area contributed by atoms with Crippen LogP contribution in [0.15, 0.2) is 12.3 Å². The lowest BCUT2D eigenvalue weighted by Crippen LogP contribution is -2.34. The monoisotopic (exact) mass is 168 g/mol. The molecular weight excluding hydrogens is 148 g/mol. The van der Waals surface area contributed by atoms with E-state index < -0.39 is 0 Å². The van der Waals surface area contributed by atoms with E-state index in [0.717, 1.165) is 25.4 Å². The fourth-order valence-corrected chi connectivity index (χ4v) is 1.48. The Morgan fingerprint density at radius 1 is 1.67 bits per heavy atom. The average molecular weight is 168 g/mol. The van der Waals surface area contributed by atoms with Gasteiger partial charge in [-0.15, -0.1) is 0 Å². The van der Waals surface area contributed by atoms with Crippen LogP contribution in [-0.4, -0.2) is 19.1 Å². The van der Waals surface area contributed by atoms with E-state index in [1.165, 1.54) is 12.1 Å². The van der Waals surface area contributed by atoms with Gasteiger partial charge in [0.25, 0.3) is 0 Å². The number of hydrogen-bond donors (Lipinski definition) is 2. The predicted octanol–water partition coefficient (Wildman–Crippen LogP) is 1.50. The third kappa shape index (κ3) is 3.26. The van der Waals surface area contributed by atoms with E-state index in [4.69, 9.17) is 0 Å². The molecule has 12 heavy (non-hydrogen) atoms. The Balaban J connectivity index is 2.04. The number of hydrogen-bond acceptors (Lipinski definition) is 2. The summed E-state index contributed by atoms with van der Waals surface area (Å²) in [6.07, 6.45) is 2.39. The molecule has 0 aliphatic carbocycles. The molecule has 1 fully saturated rings. The molecule has 1 aliphatic heterocycles. The zero-order chi connectivity index (χ0) is 8.97. The van der Waals surface area contributed by atoms with Crippen molar-refractivity contribution in [2.45, 2.75) is 32.7 Å². The molecule has 0 aromatic rings. The van der Waals surface area contributed by atoms with Gasteiger partial charge in [0.15, 0.2) is 0 Å². The summed E-state index contributed by atoms with van der Waals surface area (Å²) in [4.78, 5) is 0. The Kier molecular flexibility index (Phi) is 3.60. The maximum atomic E-state index is 3.91. The maximum Gasteiger partial charge on any atom is 0.0386 e. The van der Waals surface area contributed by atoms with Crippen LogP contribution in [0, 0.1) is 5.92 Å².